The number of anilines is 1. The van der Waals surface area contributed by atoms with E-state index in [4.69, 9.17) is 23.2 Å². The zero-order chi connectivity index (χ0) is 39.8. The Hall–Kier alpha value is -5.47. The fraction of sp³-hybridized carbons (Fsp3) is 0.275. The van der Waals surface area contributed by atoms with Crippen LogP contribution in [0.15, 0.2) is 90.6 Å². The van der Waals surface area contributed by atoms with Gasteiger partial charge in [-0.2, -0.15) is 18.2 Å². The van der Waals surface area contributed by atoms with Gasteiger partial charge in [0.15, 0.2) is 17.4 Å². The van der Waals surface area contributed by atoms with E-state index in [0.29, 0.717) is 29.3 Å². The van der Waals surface area contributed by atoms with Crippen LogP contribution in [-0.2, 0) is 37.2 Å². The van der Waals surface area contributed by atoms with Gasteiger partial charge >= 0.3 is 6.18 Å². The first kappa shape index (κ1) is 37.5. The summed E-state index contributed by atoms with van der Waals surface area (Å²) in [5, 5.41) is 21.4. The summed E-state index contributed by atoms with van der Waals surface area (Å²) in [6.45, 7) is 0.0414. The number of carbonyl (C=O) groups is 4. The zero-order valence-corrected chi connectivity index (χ0v) is 30.4. The third-order valence-corrected chi connectivity index (χ3v) is 12.1. The largest absolute Gasteiger partial charge is 0.508 e. The number of allylic oxidation sites excluding steroid dienone is 2. The smallest absolute Gasteiger partial charge is 0.417 e. The van der Waals surface area contributed by atoms with Crippen LogP contribution in [0.4, 0.5) is 23.4 Å². The van der Waals surface area contributed by atoms with Crippen molar-refractivity contribution >= 4 is 52.6 Å². The fourth-order valence-electron chi connectivity index (χ4n) is 9.08. The Balaban J connectivity index is 1.26. The molecule has 2 aliphatic carbocycles. The molecule has 10 nitrogen and oxygen atoms in total. The molecule has 2 saturated heterocycles. The molecular formula is C40H30Cl2F4N4O6. The minimum Gasteiger partial charge on any atom is -0.508 e. The predicted octanol–water partition coefficient (Wildman–Crippen LogP) is 7.19. The lowest BCUT2D eigenvalue weighted by atomic mass is 9.49. The van der Waals surface area contributed by atoms with Crippen LogP contribution in [0, 0.1) is 29.5 Å². The van der Waals surface area contributed by atoms with Crippen LogP contribution in [0.5, 0.6) is 11.5 Å². The number of hydrogen-bond acceptors (Lipinski definition) is 8. The number of likely N-dealkylation sites (tertiary alicyclic amines) is 1. The van der Waals surface area contributed by atoms with Crippen molar-refractivity contribution in [3.63, 3.8) is 0 Å². The van der Waals surface area contributed by atoms with E-state index in [1.54, 1.807) is 18.2 Å². The number of rotatable bonds is 7. The van der Waals surface area contributed by atoms with Crippen molar-refractivity contribution in [2.24, 2.45) is 23.7 Å². The first-order valence-corrected chi connectivity index (χ1v) is 18.3. The second-order valence-electron chi connectivity index (χ2n) is 14.3. The number of amides is 4. The molecule has 4 aliphatic rings. The number of hydrogen-bond donors (Lipinski definition) is 3. The monoisotopic (exact) mass is 808 g/mol. The number of alkyl halides is 3. The van der Waals surface area contributed by atoms with Gasteiger partial charge in [-0.05, 0) is 72.7 Å². The van der Waals surface area contributed by atoms with Gasteiger partial charge in [0.1, 0.15) is 5.75 Å². The van der Waals surface area contributed by atoms with Gasteiger partial charge in [-0.3, -0.25) is 29.5 Å². The number of hydrazine groups is 1. The molecule has 16 heteroatoms. The summed E-state index contributed by atoms with van der Waals surface area (Å²) in [5.74, 6) is -10.1. The molecule has 4 aromatic rings. The van der Waals surface area contributed by atoms with Crippen LogP contribution in [0.25, 0.3) is 0 Å². The van der Waals surface area contributed by atoms with Gasteiger partial charge in [0.05, 0.1) is 33.8 Å². The molecule has 1 aromatic heterocycles. The molecule has 288 valence electrons. The number of benzene rings is 3. The molecule has 4 amide bonds. The van der Waals surface area contributed by atoms with Crippen LogP contribution in [-0.4, -0.2) is 55.3 Å². The van der Waals surface area contributed by atoms with E-state index in [0.717, 1.165) is 11.6 Å². The Bertz CT molecular complexity index is 2340. The highest BCUT2D eigenvalue weighted by atomic mass is 35.5. The lowest BCUT2D eigenvalue weighted by Crippen LogP contribution is -2.53. The second kappa shape index (κ2) is 13.6. The van der Waals surface area contributed by atoms with Crippen molar-refractivity contribution in [1.29, 1.82) is 0 Å². The third-order valence-electron chi connectivity index (χ3n) is 11.5. The summed E-state index contributed by atoms with van der Waals surface area (Å²) in [5.41, 5.74) is 0.817. The number of carbonyl (C=O) groups excluding carboxylic acids is 4. The van der Waals surface area contributed by atoms with Crippen LogP contribution < -0.4 is 5.43 Å². The van der Waals surface area contributed by atoms with Crippen molar-refractivity contribution < 1.29 is 47.0 Å². The molecule has 0 bridgehead atoms. The minimum absolute atomic E-state index is 0.0414. The quantitative estimate of drug-likeness (QED) is 0.101. The van der Waals surface area contributed by atoms with Crippen molar-refractivity contribution in [3.05, 3.63) is 129 Å². The van der Waals surface area contributed by atoms with Crippen molar-refractivity contribution in [2.75, 3.05) is 12.0 Å². The maximum atomic E-state index is 15.3. The normalized spacial score (nSPS) is 25.9. The number of nitrogens with zero attached hydrogens (tertiary/aromatic N) is 3. The number of fused-ring (bicyclic) bond motifs is 4. The van der Waals surface area contributed by atoms with Gasteiger partial charge < -0.3 is 10.2 Å². The van der Waals surface area contributed by atoms with E-state index >= 15 is 9.18 Å². The highest BCUT2D eigenvalue weighted by Gasteiger charge is 2.70. The molecule has 0 unspecified atom stereocenters. The van der Waals surface area contributed by atoms with Crippen molar-refractivity contribution in [2.45, 2.75) is 36.8 Å². The summed E-state index contributed by atoms with van der Waals surface area (Å²) in [4.78, 5) is 63.1. The zero-order valence-electron chi connectivity index (χ0n) is 28.9. The molecule has 3 aromatic carbocycles. The van der Waals surface area contributed by atoms with E-state index in [1.807, 2.05) is 0 Å². The Kier molecular flexibility index (Phi) is 9.11. The van der Waals surface area contributed by atoms with Gasteiger partial charge in [-0.25, -0.2) is 9.37 Å². The lowest BCUT2D eigenvalue weighted by Gasteiger charge is -2.50. The van der Waals surface area contributed by atoms with Crippen LogP contribution in [0.1, 0.15) is 41.0 Å². The van der Waals surface area contributed by atoms with E-state index < -0.39 is 92.8 Å². The summed E-state index contributed by atoms with van der Waals surface area (Å²) < 4.78 is 55.7. The number of para-hydroxylation sites is 1. The average Bonchev–Trinajstić information content (AvgIpc) is 3.53. The molecule has 3 heterocycles. The van der Waals surface area contributed by atoms with E-state index in [9.17, 15) is 37.8 Å². The lowest BCUT2D eigenvalue weighted by molar-refractivity contribution is -0.141. The Morgan fingerprint density at radius 3 is 2.30 bits per heavy atom. The Labute approximate surface area is 326 Å². The molecular weight excluding hydrogens is 779 g/mol. The van der Waals surface area contributed by atoms with Crippen LogP contribution >= 0.6 is 23.2 Å². The SMILES string of the molecule is O=C1[C@H]2[C@H](CC=C3[C@H]2C[C@H]2C(=O)N(Nc4ncc(C(F)(F)F)cc4Cl)C(=O)[C@@]2(c2ccc(Cl)cc2)[C@H]3c2cccc(F)c2O)C(=O)N1CCc1ccc(O)cc1. The number of pyridine rings is 1. The number of nitrogens with one attached hydrogen (secondary N) is 1. The van der Waals surface area contributed by atoms with Crippen LogP contribution in [0.2, 0.25) is 10.0 Å². The number of aromatic nitrogens is 1. The van der Waals surface area contributed by atoms with Gasteiger partial charge in [0, 0.05) is 29.2 Å². The number of imide groups is 2. The summed E-state index contributed by atoms with van der Waals surface area (Å²) in [6, 6.07) is 16.8. The molecule has 0 spiro atoms. The maximum Gasteiger partial charge on any atom is 0.417 e. The Morgan fingerprint density at radius 1 is 0.911 bits per heavy atom. The molecule has 1 saturated carbocycles. The first-order chi connectivity index (χ1) is 26.6. The van der Waals surface area contributed by atoms with E-state index in [-0.39, 0.29) is 41.3 Å². The number of phenolic OH excluding ortho intramolecular Hbond substituents is 2. The molecule has 8 rings (SSSR count). The molecule has 56 heavy (non-hydrogen) atoms. The molecule has 3 N–H and O–H groups in total. The number of aromatic hydroxyl groups is 2. The number of halogens is 6. The minimum atomic E-state index is -4.79. The van der Waals surface area contributed by atoms with Crippen molar-refractivity contribution in [1.82, 2.24) is 14.9 Å². The van der Waals surface area contributed by atoms with Gasteiger partial charge in [0.25, 0.3) is 11.8 Å². The third kappa shape index (κ3) is 5.80. The van der Waals surface area contributed by atoms with E-state index in [2.05, 4.69) is 10.4 Å². The molecule has 0 radical (unpaired) electrons. The fourth-order valence-corrected chi connectivity index (χ4v) is 9.42. The summed E-state index contributed by atoms with van der Waals surface area (Å²) in [7, 11) is 0. The van der Waals surface area contributed by atoms with Crippen molar-refractivity contribution in [3.8, 4) is 11.5 Å². The van der Waals surface area contributed by atoms with Crippen LogP contribution in [0.3, 0.4) is 0 Å². The average molecular weight is 810 g/mol. The Morgan fingerprint density at radius 2 is 1.62 bits per heavy atom. The van der Waals surface area contributed by atoms with E-state index in [1.165, 1.54) is 53.4 Å². The molecule has 2 aliphatic heterocycles. The molecule has 3 fully saturated rings. The second-order valence-corrected chi connectivity index (χ2v) is 15.2. The topological polar surface area (TPSA) is 140 Å². The predicted molar refractivity (Wildman–Crippen MR) is 193 cm³/mol. The highest BCUT2D eigenvalue weighted by molar-refractivity contribution is 6.33. The van der Waals surface area contributed by atoms with Gasteiger partial charge in [0.2, 0.25) is 11.8 Å². The van der Waals surface area contributed by atoms with Gasteiger partial charge in [-0.15, -0.1) is 0 Å². The first-order valence-electron chi connectivity index (χ1n) is 17.6. The molecule has 6 atom stereocenters. The summed E-state index contributed by atoms with van der Waals surface area (Å²) >= 11 is 12.5. The standard InChI is InChI=1S/C40H30Cl2F4N4O6/c41-22-8-6-20(7-9-22)39-28(36(54)50(38(39)56)48-34-29(42)16-21(18-47-34)40(44,45)46)17-27-24(32(39)26-2-1-3-30(43)33(26)52)12-13-25-31(27)37(55)49(35(25)53)15-14-19-4-10-23(51)11-5-19/h1-12,16,18,25,27-28,31-32,51-52H,13-15,17H2,(H,47,48)/t25-,27+,28-,31-,32+,39+/m0/s1. The maximum absolute atomic E-state index is 15.3. The van der Waals surface area contributed by atoms with Gasteiger partial charge in [-0.1, -0.05) is 71.2 Å². The highest BCUT2D eigenvalue weighted by Crippen LogP contribution is 2.65. The summed E-state index contributed by atoms with van der Waals surface area (Å²) in [6.07, 6.45) is -2.34. The number of phenols is 2.